The van der Waals surface area contributed by atoms with Gasteiger partial charge in [0.1, 0.15) is 0 Å². The van der Waals surface area contributed by atoms with E-state index in [9.17, 15) is 8.42 Å². The van der Waals surface area contributed by atoms with E-state index in [-0.39, 0.29) is 11.3 Å². The van der Waals surface area contributed by atoms with Gasteiger partial charge in [0, 0.05) is 19.1 Å². The minimum absolute atomic E-state index is 0.179. The lowest BCUT2D eigenvalue weighted by Crippen LogP contribution is -2.43. The molecular weight excluding hydrogens is 224 g/mol. The van der Waals surface area contributed by atoms with Gasteiger partial charge in [-0.05, 0) is 39.7 Å². The van der Waals surface area contributed by atoms with E-state index in [2.05, 4.69) is 12.2 Å². The van der Waals surface area contributed by atoms with Gasteiger partial charge >= 0.3 is 0 Å². The average molecular weight is 248 g/mol. The van der Waals surface area contributed by atoms with Crippen LogP contribution in [-0.4, -0.2) is 43.6 Å². The minimum Gasteiger partial charge on any atom is -0.315 e. The van der Waals surface area contributed by atoms with Gasteiger partial charge < -0.3 is 5.32 Å². The van der Waals surface area contributed by atoms with Gasteiger partial charge in [-0.3, -0.25) is 0 Å². The molecule has 0 aromatic carbocycles. The van der Waals surface area contributed by atoms with E-state index in [1.165, 1.54) is 0 Å². The molecule has 0 aromatic rings. The first-order valence-corrected chi connectivity index (χ1v) is 7.71. The molecule has 0 spiro atoms. The summed E-state index contributed by atoms with van der Waals surface area (Å²) in [5.74, 6) is 0. The van der Waals surface area contributed by atoms with Crippen molar-refractivity contribution < 1.29 is 8.42 Å². The predicted octanol–water partition coefficient (Wildman–Crippen LogP) is 1.19. The topological polar surface area (TPSA) is 49.4 Å². The number of hydrogen-bond donors (Lipinski definition) is 1. The third-order valence-corrected chi connectivity index (χ3v) is 5.57. The number of rotatable bonds is 6. The largest absolute Gasteiger partial charge is 0.315 e. The molecule has 16 heavy (non-hydrogen) atoms. The highest BCUT2D eigenvalue weighted by Gasteiger charge is 2.34. The Morgan fingerprint density at radius 3 is 2.69 bits per heavy atom. The van der Waals surface area contributed by atoms with E-state index < -0.39 is 10.0 Å². The van der Waals surface area contributed by atoms with Crippen LogP contribution in [0.1, 0.15) is 40.0 Å². The zero-order chi connectivity index (χ0) is 12.2. The second kappa shape index (κ2) is 5.98. The fraction of sp³-hybridized carbons (Fsp3) is 1.00. The quantitative estimate of drug-likeness (QED) is 0.718. The Morgan fingerprint density at radius 2 is 2.19 bits per heavy atom. The van der Waals surface area contributed by atoms with Crippen molar-refractivity contribution in [3.05, 3.63) is 0 Å². The summed E-state index contributed by atoms with van der Waals surface area (Å²) in [5.41, 5.74) is 0. The average Bonchev–Trinajstić information content (AvgIpc) is 2.65. The number of nitrogens with zero attached hydrogens (tertiary/aromatic N) is 1. The second-order valence-electron chi connectivity index (χ2n) is 4.66. The summed E-state index contributed by atoms with van der Waals surface area (Å²) in [7, 11) is -3.10. The lowest BCUT2D eigenvalue weighted by molar-refractivity contribution is 0.400. The summed E-state index contributed by atoms with van der Waals surface area (Å²) in [4.78, 5) is 0. The van der Waals surface area contributed by atoms with Crippen LogP contribution >= 0.6 is 0 Å². The minimum atomic E-state index is -3.10. The highest BCUT2D eigenvalue weighted by Crippen LogP contribution is 2.22. The van der Waals surface area contributed by atoms with Crippen LogP contribution in [0.2, 0.25) is 0 Å². The van der Waals surface area contributed by atoms with E-state index in [1.54, 1.807) is 11.2 Å². The van der Waals surface area contributed by atoms with Crippen LogP contribution in [0.15, 0.2) is 0 Å². The van der Waals surface area contributed by atoms with Crippen LogP contribution in [-0.2, 0) is 10.0 Å². The van der Waals surface area contributed by atoms with Gasteiger partial charge in [0.15, 0.2) is 0 Å². The molecule has 96 valence electrons. The first kappa shape index (κ1) is 13.9. The van der Waals surface area contributed by atoms with Gasteiger partial charge in [0.25, 0.3) is 0 Å². The lowest BCUT2D eigenvalue weighted by atomic mass is 10.3. The second-order valence-corrected chi connectivity index (χ2v) is 6.97. The van der Waals surface area contributed by atoms with E-state index in [0.717, 1.165) is 25.8 Å². The van der Waals surface area contributed by atoms with Gasteiger partial charge in [-0.15, -0.1) is 0 Å². The van der Waals surface area contributed by atoms with Crippen LogP contribution in [0.4, 0.5) is 0 Å². The van der Waals surface area contributed by atoms with Crippen LogP contribution < -0.4 is 5.32 Å². The fourth-order valence-electron chi connectivity index (χ4n) is 2.10. The van der Waals surface area contributed by atoms with Crippen molar-refractivity contribution in [2.45, 2.75) is 51.3 Å². The molecule has 4 nitrogen and oxygen atoms in total. The smallest absolute Gasteiger partial charge is 0.218 e. The summed E-state index contributed by atoms with van der Waals surface area (Å²) in [6, 6.07) is 0.179. The number of nitrogens with one attached hydrogen (secondary N) is 1. The first-order valence-electron chi connectivity index (χ1n) is 6.21. The zero-order valence-corrected chi connectivity index (χ0v) is 11.4. The van der Waals surface area contributed by atoms with Crippen molar-refractivity contribution in [3.8, 4) is 0 Å². The summed E-state index contributed by atoms with van der Waals surface area (Å²) in [5, 5.41) is 2.85. The molecule has 0 amide bonds. The maximum atomic E-state index is 12.2. The summed E-state index contributed by atoms with van der Waals surface area (Å²) in [6.45, 7) is 8.00. The molecule has 1 fully saturated rings. The van der Waals surface area contributed by atoms with Crippen molar-refractivity contribution >= 4 is 10.0 Å². The van der Waals surface area contributed by atoms with Crippen LogP contribution in [0.3, 0.4) is 0 Å². The van der Waals surface area contributed by atoms with Gasteiger partial charge in [-0.25, -0.2) is 8.42 Å². The molecule has 2 atom stereocenters. The van der Waals surface area contributed by atoms with E-state index in [4.69, 9.17) is 0 Å². The van der Waals surface area contributed by atoms with Gasteiger partial charge in [-0.2, -0.15) is 4.31 Å². The van der Waals surface area contributed by atoms with E-state index >= 15 is 0 Å². The molecule has 5 heteroatoms. The maximum absolute atomic E-state index is 12.2. The maximum Gasteiger partial charge on any atom is 0.218 e. The molecule has 0 radical (unpaired) electrons. The van der Waals surface area contributed by atoms with Crippen molar-refractivity contribution in [3.63, 3.8) is 0 Å². The number of sulfonamides is 1. The Bertz CT molecular complexity index is 303. The Hall–Kier alpha value is -0.130. The van der Waals surface area contributed by atoms with Gasteiger partial charge in [0.2, 0.25) is 10.0 Å². The number of hydrogen-bond acceptors (Lipinski definition) is 3. The van der Waals surface area contributed by atoms with Crippen molar-refractivity contribution in [2.24, 2.45) is 0 Å². The fourth-order valence-corrected chi connectivity index (χ4v) is 3.88. The standard InChI is InChI=1S/C11H24N2O2S/c1-4-7-12-9-11(3)16(14,15)13-8-5-6-10(13)2/h10-12H,4-9H2,1-3H3. The van der Waals surface area contributed by atoms with Crippen LogP contribution in [0.5, 0.6) is 0 Å². The molecule has 0 aliphatic carbocycles. The van der Waals surface area contributed by atoms with E-state index in [0.29, 0.717) is 13.1 Å². The Balaban J connectivity index is 2.55. The SMILES string of the molecule is CCCNCC(C)S(=O)(=O)N1CCCC1C. The van der Waals surface area contributed by atoms with E-state index in [1.807, 2.05) is 6.92 Å². The molecule has 1 saturated heterocycles. The third kappa shape index (κ3) is 3.18. The third-order valence-electron chi connectivity index (χ3n) is 3.19. The molecule has 0 aromatic heterocycles. The Labute approximate surface area is 99.5 Å². The lowest BCUT2D eigenvalue weighted by Gasteiger charge is -2.25. The molecule has 1 heterocycles. The van der Waals surface area contributed by atoms with Crippen molar-refractivity contribution in [1.29, 1.82) is 0 Å². The first-order chi connectivity index (χ1) is 7.50. The van der Waals surface area contributed by atoms with Gasteiger partial charge in [0.05, 0.1) is 5.25 Å². The molecule has 1 rings (SSSR count). The van der Waals surface area contributed by atoms with Crippen molar-refractivity contribution in [1.82, 2.24) is 9.62 Å². The monoisotopic (exact) mass is 248 g/mol. The molecule has 2 unspecified atom stereocenters. The molecule has 0 saturated carbocycles. The highest BCUT2D eigenvalue weighted by atomic mass is 32.2. The summed E-state index contributed by atoms with van der Waals surface area (Å²) >= 11 is 0. The van der Waals surface area contributed by atoms with Crippen LogP contribution in [0, 0.1) is 0 Å². The molecular formula is C11H24N2O2S. The van der Waals surface area contributed by atoms with Gasteiger partial charge in [-0.1, -0.05) is 6.92 Å². The zero-order valence-electron chi connectivity index (χ0n) is 10.6. The molecule has 0 bridgehead atoms. The molecule has 1 aliphatic heterocycles. The summed E-state index contributed by atoms with van der Waals surface area (Å²) in [6.07, 6.45) is 3.02. The predicted molar refractivity (Wildman–Crippen MR) is 66.9 cm³/mol. The normalized spacial score (nSPS) is 24.8. The van der Waals surface area contributed by atoms with Crippen molar-refractivity contribution in [2.75, 3.05) is 19.6 Å². The Morgan fingerprint density at radius 1 is 1.50 bits per heavy atom. The Kier molecular flexibility index (Phi) is 5.21. The summed E-state index contributed by atoms with van der Waals surface area (Å²) < 4.78 is 26.1. The molecule has 1 N–H and O–H groups in total. The highest BCUT2D eigenvalue weighted by molar-refractivity contribution is 7.89. The molecule has 1 aliphatic rings. The van der Waals surface area contributed by atoms with Crippen LogP contribution in [0.25, 0.3) is 0 Å².